The summed E-state index contributed by atoms with van der Waals surface area (Å²) < 4.78 is 0. The van der Waals surface area contributed by atoms with Gasteiger partial charge in [-0.15, -0.1) is 0 Å². The van der Waals surface area contributed by atoms with Crippen molar-refractivity contribution in [3.8, 4) is 0 Å². The SMILES string of the molecule is CN(Cc1ccccn1)c1cc(C(=O)O)cc(Cl)n1. The second-order valence-corrected chi connectivity index (χ2v) is 4.41. The van der Waals surface area contributed by atoms with Crippen LogP contribution < -0.4 is 4.90 Å². The van der Waals surface area contributed by atoms with Crippen LogP contribution in [-0.4, -0.2) is 28.1 Å². The van der Waals surface area contributed by atoms with Gasteiger partial charge in [-0.05, 0) is 24.3 Å². The zero-order valence-electron chi connectivity index (χ0n) is 10.2. The third kappa shape index (κ3) is 3.42. The summed E-state index contributed by atoms with van der Waals surface area (Å²) in [5.41, 5.74) is 0.978. The van der Waals surface area contributed by atoms with Gasteiger partial charge in [-0.3, -0.25) is 4.98 Å². The quantitative estimate of drug-likeness (QED) is 0.870. The van der Waals surface area contributed by atoms with Crippen molar-refractivity contribution >= 4 is 23.4 Å². The summed E-state index contributed by atoms with van der Waals surface area (Å²) in [6, 6.07) is 8.42. The van der Waals surface area contributed by atoms with Crippen molar-refractivity contribution in [3.63, 3.8) is 0 Å². The van der Waals surface area contributed by atoms with E-state index < -0.39 is 5.97 Å². The predicted octanol–water partition coefficient (Wildman–Crippen LogP) is 2.46. The topological polar surface area (TPSA) is 66.3 Å². The smallest absolute Gasteiger partial charge is 0.335 e. The van der Waals surface area contributed by atoms with Crippen molar-refractivity contribution in [2.45, 2.75) is 6.54 Å². The molecule has 0 aliphatic carbocycles. The minimum Gasteiger partial charge on any atom is -0.478 e. The van der Waals surface area contributed by atoms with E-state index >= 15 is 0 Å². The number of hydrogen-bond donors (Lipinski definition) is 1. The molecule has 0 aromatic carbocycles. The summed E-state index contributed by atoms with van der Waals surface area (Å²) in [5.74, 6) is -0.535. The molecule has 0 aliphatic rings. The molecular weight excluding hydrogens is 266 g/mol. The number of rotatable bonds is 4. The molecule has 0 radical (unpaired) electrons. The Hall–Kier alpha value is -2.14. The molecule has 6 heteroatoms. The highest BCUT2D eigenvalue weighted by atomic mass is 35.5. The Morgan fingerprint density at radius 1 is 1.42 bits per heavy atom. The zero-order chi connectivity index (χ0) is 13.8. The lowest BCUT2D eigenvalue weighted by Gasteiger charge is -2.18. The minimum absolute atomic E-state index is 0.114. The van der Waals surface area contributed by atoms with Gasteiger partial charge in [0, 0.05) is 13.2 Å². The van der Waals surface area contributed by atoms with Gasteiger partial charge in [0.05, 0.1) is 17.8 Å². The monoisotopic (exact) mass is 277 g/mol. The van der Waals surface area contributed by atoms with Crippen LogP contribution in [0.15, 0.2) is 36.5 Å². The molecular formula is C13H12ClN3O2. The van der Waals surface area contributed by atoms with E-state index in [-0.39, 0.29) is 10.7 Å². The van der Waals surface area contributed by atoms with Crippen LogP contribution in [0, 0.1) is 0 Å². The van der Waals surface area contributed by atoms with Crippen LogP contribution in [0.25, 0.3) is 0 Å². The van der Waals surface area contributed by atoms with E-state index in [4.69, 9.17) is 16.7 Å². The lowest BCUT2D eigenvalue weighted by atomic mass is 10.2. The van der Waals surface area contributed by atoms with Crippen molar-refractivity contribution in [3.05, 3.63) is 52.9 Å². The van der Waals surface area contributed by atoms with Gasteiger partial charge in [0.15, 0.2) is 0 Å². The Morgan fingerprint density at radius 2 is 2.21 bits per heavy atom. The average molecular weight is 278 g/mol. The third-order valence-corrected chi connectivity index (χ3v) is 2.74. The molecule has 2 rings (SSSR count). The van der Waals surface area contributed by atoms with E-state index in [1.165, 1.54) is 12.1 Å². The number of pyridine rings is 2. The highest BCUT2D eigenvalue weighted by molar-refractivity contribution is 6.29. The van der Waals surface area contributed by atoms with Crippen LogP contribution >= 0.6 is 11.6 Å². The number of carbonyl (C=O) groups is 1. The van der Waals surface area contributed by atoms with Crippen LogP contribution in [0.3, 0.4) is 0 Å². The van der Waals surface area contributed by atoms with Gasteiger partial charge in [0.25, 0.3) is 0 Å². The van der Waals surface area contributed by atoms with Crippen molar-refractivity contribution in [1.82, 2.24) is 9.97 Å². The first-order chi connectivity index (χ1) is 9.06. The molecule has 2 heterocycles. The second kappa shape index (κ2) is 5.67. The molecule has 0 unspecified atom stereocenters. The van der Waals surface area contributed by atoms with E-state index in [2.05, 4.69) is 9.97 Å². The molecule has 2 aromatic heterocycles. The summed E-state index contributed by atoms with van der Waals surface area (Å²) in [6.45, 7) is 0.521. The lowest BCUT2D eigenvalue weighted by molar-refractivity contribution is 0.0697. The van der Waals surface area contributed by atoms with Crippen molar-refractivity contribution in [1.29, 1.82) is 0 Å². The Labute approximate surface area is 115 Å². The molecule has 0 spiro atoms. The number of halogens is 1. The molecule has 98 valence electrons. The Bertz CT molecular complexity index is 590. The van der Waals surface area contributed by atoms with Crippen molar-refractivity contribution < 1.29 is 9.90 Å². The van der Waals surface area contributed by atoms with Crippen LogP contribution in [0.2, 0.25) is 5.15 Å². The zero-order valence-corrected chi connectivity index (χ0v) is 11.0. The number of carboxylic acid groups (broad SMARTS) is 1. The summed E-state index contributed by atoms with van der Waals surface area (Å²) in [4.78, 5) is 21.1. The van der Waals surface area contributed by atoms with Crippen LogP contribution in [0.4, 0.5) is 5.82 Å². The van der Waals surface area contributed by atoms with Crippen LogP contribution in [0.1, 0.15) is 16.1 Å². The largest absolute Gasteiger partial charge is 0.478 e. The Kier molecular flexibility index (Phi) is 3.97. The molecule has 0 saturated heterocycles. The van der Waals surface area contributed by atoms with E-state index in [0.717, 1.165) is 5.69 Å². The minimum atomic E-state index is -1.03. The number of hydrogen-bond acceptors (Lipinski definition) is 4. The van der Waals surface area contributed by atoms with E-state index in [0.29, 0.717) is 12.4 Å². The number of anilines is 1. The molecule has 0 saturated carbocycles. The highest BCUT2D eigenvalue weighted by Crippen LogP contribution is 2.18. The molecule has 0 fully saturated rings. The fraction of sp³-hybridized carbons (Fsp3) is 0.154. The molecule has 2 aromatic rings. The maximum Gasteiger partial charge on any atom is 0.335 e. The van der Waals surface area contributed by atoms with Gasteiger partial charge < -0.3 is 10.0 Å². The van der Waals surface area contributed by atoms with Crippen LogP contribution in [0.5, 0.6) is 0 Å². The highest BCUT2D eigenvalue weighted by Gasteiger charge is 2.11. The molecule has 0 aliphatic heterocycles. The number of carboxylic acids is 1. The normalized spacial score (nSPS) is 10.2. The number of aromatic carboxylic acids is 1. The molecule has 0 amide bonds. The molecule has 19 heavy (non-hydrogen) atoms. The lowest BCUT2D eigenvalue weighted by Crippen LogP contribution is -2.19. The first-order valence-electron chi connectivity index (χ1n) is 5.58. The molecule has 5 nitrogen and oxygen atoms in total. The fourth-order valence-electron chi connectivity index (χ4n) is 1.62. The fourth-order valence-corrected chi connectivity index (χ4v) is 1.82. The maximum absolute atomic E-state index is 11.0. The second-order valence-electron chi connectivity index (χ2n) is 4.02. The standard InChI is InChI=1S/C13H12ClN3O2/c1-17(8-10-4-2-3-5-15-10)12-7-9(13(18)19)6-11(14)16-12/h2-7H,8H2,1H3,(H,18,19). The molecule has 0 bridgehead atoms. The van der Waals surface area contributed by atoms with Gasteiger partial charge in [-0.1, -0.05) is 17.7 Å². The Balaban J connectivity index is 2.24. The summed E-state index contributed by atoms with van der Waals surface area (Å²) in [5, 5.41) is 9.14. The predicted molar refractivity (Wildman–Crippen MR) is 72.6 cm³/mol. The maximum atomic E-state index is 11.0. The average Bonchev–Trinajstić information content (AvgIpc) is 2.39. The van der Waals surface area contributed by atoms with E-state index in [9.17, 15) is 4.79 Å². The third-order valence-electron chi connectivity index (χ3n) is 2.54. The van der Waals surface area contributed by atoms with E-state index in [1.54, 1.807) is 18.1 Å². The molecule has 1 N–H and O–H groups in total. The molecule has 0 atom stereocenters. The van der Waals surface area contributed by atoms with Gasteiger partial charge >= 0.3 is 5.97 Å². The van der Waals surface area contributed by atoms with Gasteiger partial charge in [0.2, 0.25) is 0 Å². The number of nitrogens with zero attached hydrogens (tertiary/aromatic N) is 3. The summed E-state index contributed by atoms with van der Waals surface area (Å²) in [6.07, 6.45) is 1.71. The van der Waals surface area contributed by atoms with Gasteiger partial charge in [-0.2, -0.15) is 0 Å². The number of aromatic nitrogens is 2. The van der Waals surface area contributed by atoms with Crippen molar-refractivity contribution in [2.24, 2.45) is 0 Å². The van der Waals surface area contributed by atoms with Crippen molar-refractivity contribution in [2.75, 3.05) is 11.9 Å². The summed E-state index contributed by atoms with van der Waals surface area (Å²) in [7, 11) is 1.80. The first kappa shape index (κ1) is 13.3. The van der Waals surface area contributed by atoms with Gasteiger partial charge in [-0.25, -0.2) is 9.78 Å². The summed E-state index contributed by atoms with van der Waals surface area (Å²) >= 11 is 5.82. The van der Waals surface area contributed by atoms with Crippen LogP contribution in [-0.2, 0) is 6.54 Å². The van der Waals surface area contributed by atoms with Gasteiger partial charge in [0.1, 0.15) is 11.0 Å². The first-order valence-corrected chi connectivity index (χ1v) is 5.96. The van der Waals surface area contributed by atoms with E-state index in [1.807, 2.05) is 18.2 Å². The Morgan fingerprint density at radius 3 is 2.84 bits per heavy atom.